The van der Waals surface area contributed by atoms with Gasteiger partial charge in [-0.05, 0) is 279 Å². The molecule has 9 aromatic rings. The summed E-state index contributed by atoms with van der Waals surface area (Å²) in [5.74, 6) is 0.661. The predicted molar refractivity (Wildman–Crippen MR) is 532 cm³/mol. The molecule has 9 N–H and O–H groups in total. The van der Waals surface area contributed by atoms with Gasteiger partial charge in [0, 0.05) is 107 Å². The maximum Gasteiger partial charge on any atom is 0.195 e. The largest absolute Gasteiger partial charge is 0.396 e. The van der Waals surface area contributed by atoms with E-state index in [4.69, 9.17) is 10.4 Å². The fourth-order valence-electron chi connectivity index (χ4n) is 14.3. The van der Waals surface area contributed by atoms with Crippen LogP contribution in [0.25, 0.3) is 0 Å². The van der Waals surface area contributed by atoms with E-state index in [9.17, 15) is 5.11 Å². The Morgan fingerprint density at radius 2 is 0.616 bits per heavy atom. The molecule has 0 aliphatic carbocycles. The highest BCUT2D eigenvalue weighted by molar-refractivity contribution is 5.37. The van der Waals surface area contributed by atoms with Crippen molar-refractivity contribution in [2.24, 2.45) is 0 Å². The summed E-state index contributed by atoms with van der Waals surface area (Å²) in [7, 11) is 0. The first-order chi connectivity index (χ1) is 57.4. The van der Waals surface area contributed by atoms with E-state index in [0.717, 1.165) is 43.4 Å². The lowest BCUT2D eigenvalue weighted by atomic mass is 9.85. The number of nitriles is 1. The molecule has 125 heavy (non-hydrogen) atoms. The number of hydrogen-bond donors (Lipinski definition) is 9. The summed E-state index contributed by atoms with van der Waals surface area (Å²) in [6, 6.07) is 66.7. The maximum atomic E-state index is 9.24. The molecule has 6 atom stereocenters. The van der Waals surface area contributed by atoms with Crippen molar-refractivity contribution in [3.63, 3.8) is 0 Å². The second-order valence-corrected chi connectivity index (χ2v) is 46.4. The average Bonchev–Trinajstić information content (AvgIpc) is 1.63. The monoisotopic (exact) mass is 1710 g/mol. The molecule has 15 heteroatoms. The predicted octanol–water partition coefficient (Wildman–Crippen LogP) is 25.4. The van der Waals surface area contributed by atoms with Crippen molar-refractivity contribution in [3.8, 4) is 6.07 Å². The first kappa shape index (κ1) is 109. The van der Waals surface area contributed by atoms with Crippen molar-refractivity contribution in [3.05, 3.63) is 278 Å². The molecule has 15 nitrogen and oxygen atoms in total. The summed E-state index contributed by atoms with van der Waals surface area (Å²) in [5.41, 5.74) is 19.3. The smallest absolute Gasteiger partial charge is 0.195 e. The van der Waals surface area contributed by atoms with Gasteiger partial charge in [-0.25, -0.2) is 0 Å². The lowest BCUT2D eigenvalue weighted by Gasteiger charge is -2.30. The lowest BCUT2D eigenvalue weighted by molar-refractivity contribution is 0.247. The number of aromatic amines is 1. The first-order valence-electron chi connectivity index (χ1n) is 45.8. The zero-order valence-electron chi connectivity index (χ0n) is 84.7. The molecule has 0 radical (unpaired) electrons. The molecule has 6 aromatic carbocycles. The molecule has 0 fully saturated rings. The lowest BCUT2D eigenvalue weighted by Crippen LogP contribution is -2.39. The van der Waals surface area contributed by atoms with Gasteiger partial charge in [-0.3, -0.25) is 15.3 Å². The molecule has 0 saturated carbocycles. The van der Waals surface area contributed by atoms with E-state index in [2.05, 4.69) is 488 Å². The third-order valence-corrected chi connectivity index (χ3v) is 20.9. The maximum absolute atomic E-state index is 9.24. The second kappa shape index (κ2) is 47.3. The number of rotatable bonds is 23. The van der Waals surface area contributed by atoms with Crippen molar-refractivity contribution in [2.75, 3.05) is 13.2 Å². The number of aliphatic hydroxyl groups excluding tert-OH is 2. The van der Waals surface area contributed by atoms with Gasteiger partial charge >= 0.3 is 0 Å². The molecule has 0 spiro atoms. The molecule has 0 aliphatic heterocycles. The van der Waals surface area contributed by atoms with Crippen LogP contribution in [-0.4, -0.2) is 87.3 Å². The third kappa shape index (κ3) is 43.0. The van der Waals surface area contributed by atoms with Crippen molar-refractivity contribution in [1.82, 2.24) is 62.5 Å². The first-order valence-corrected chi connectivity index (χ1v) is 45.8. The topological polar surface area (TPSA) is 217 Å². The minimum absolute atomic E-state index is 0.00418. The number of hydrogen-bond acceptors (Lipinski definition) is 14. The van der Waals surface area contributed by atoms with E-state index >= 15 is 0 Å². The van der Waals surface area contributed by atoms with Crippen LogP contribution in [0.1, 0.15) is 395 Å². The summed E-state index contributed by atoms with van der Waals surface area (Å²) in [6.07, 6.45) is 10.5. The Hall–Kier alpha value is -8.14. The molecule has 0 unspecified atom stereocenters. The molecular weight excluding hydrogens is 1540 g/mol. The quantitative estimate of drug-likeness (QED) is 0.0291. The van der Waals surface area contributed by atoms with Crippen LogP contribution in [0.5, 0.6) is 0 Å². The van der Waals surface area contributed by atoms with Crippen molar-refractivity contribution in [1.29, 1.82) is 5.26 Å². The Bertz CT molecular complexity index is 4380. The SMILES string of the molecule is CC(C)(C)N[C@@H](c1ccc(C(C)(C)C)cc1)c1nn[nH]n1.CC(C)(C)N[C@H](CC#N)c1ccc(C(C)(C)C)cc1.CC(C)(C)N[C@H](CCCO)c1ccc(C(C)(C)C)cc1.CC(C)(C)N[C@H](CCO)c1ccc(C(C)(C)C)cc1.CC(C)(C)N[C@H](Cc1ccccn1)c1ccc(C(C)(C)C)cc1.CC(C)(C)N[C@H](Cc1ccncc1)c1ccc(C(C)(C)C)cc1. The van der Waals surface area contributed by atoms with Crippen LogP contribution in [0.4, 0.5) is 0 Å². The Morgan fingerprint density at radius 1 is 0.320 bits per heavy atom. The van der Waals surface area contributed by atoms with Gasteiger partial charge < -0.3 is 36.8 Å². The normalized spacial score (nSPS) is 14.1. The van der Waals surface area contributed by atoms with Gasteiger partial charge in [-0.1, -0.05) is 281 Å². The molecule has 0 bridgehead atoms. The minimum Gasteiger partial charge on any atom is -0.396 e. The van der Waals surface area contributed by atoms with Crippen LogP contribution < -0.4 is 31.9 Å². The Kier molecular flexibility index (Phi) is 41.3. The number of aliphatic hydroxyl groups is 2. The Balaban J connectivity index is 0.000000315. The van der Waals surface area contributed by atoms with Gasteiger partial charge in [0.15, 0.2) is 5.82 Å². The number of aromatic nitrogens is 6. The molecule has 9 rings (SSSR count). The van der Waals surface area contributed by atoms with E-state index in [0.29, 0.717) is 24.3 Å². The van der Waals surface area contributed by atoms with Gasteiger partial charge in [-0.2, -0.15) is 10.5 Å². The molecule has 3 heterocycles. The van der Waals surface area contributed by atoms with Crippen LogP contribution >= 0.6 is 0 Å². The van der Waals surface area contributed by atoms with E-state index in [1.54, 1.807) is 0 Å². The number of H-pyrrole nitrogens is 1. The Labute approximate surface area is 760 Å². The van der Waals surface area contributed by atoms with Gasteiger partial charge in [0.1, 0.15) is 0 Å². The summed E-state index contributed by atoms with van der Waals surface area (Å²) in [6.45, 7) is 79.7. The zero-order valence-corrected chi connectivity index (χ0v) is 84.7. The molecule has 0 aliphatic rings. The fraction of sp³-hybridized carbons (Fsp3) is 0.564. The van der Waals surface area contributed by atoms with Gasteiger partial charge in [-0.15, -0.1) is 10.2 Å². The van der Waals surface area contributed by atoms with Crippen LogP contribution in [0, 0.1) is 11.3 Å². The molecule has 0 amide bonds. The van der Waals surface area contributed by atoms with Gasteiger partial charge in [0.25, 0.3) is 0 Å². The summed E-state index contributed by atoms with van der Waals surface area (Å²) in [5, 5.41) is 63.6. The van der Waals surface area contributed by atoms with Crippen LogP contribution in [0.3, 0.4) is 0 Å². The number of benzene rings is 6. The number of nitrogens with zero attached hydrogens (tertiary/aromatic N) is 6. The van der Waals surface area contributed by atoms with Gasteiger partial charge in [0.05, 0.1) is 18.5 Å². The van der Waals surface area contributed by atoms with Crippen molar-refractivity contribution >= 4 is 0 Å². The second-order valence-electron chi connectivity index (χ2n) is 46.4. The van der Waals surface area contributed by atoms with Crippen molar-refractivity contribution < 1.29 is 10.2 Å². The standard InChI is InChI=1S/2C21H30N2.C18H31NO.C17H26N2.C17H29NO.C16H25N5/c1-20(2,3)18-9-7-17(8-10-18)19(23-21(4,5)6)15-16-11-13-22-14-12-16;1-20(2,3)17-12-10-16(11-13-17)19(23-21(4,5)6)15-18-9-7-8-14-22-18;1-17(2,3)15-11-9-14(10-12-15)16(8-7-13-20)19-18(4,5)6;1-16(2,3)14-9-7-13(8-10-14)15(11-12-18)19-17(4,5)6;1-16(2,3)14-9-7-13(8-10-14)15(11-12-19)18-17(4,5)6;1-15(2,3)12-9-7-11(8-10-12)13(17-16(4,5)6)14-18-20-21-19-14/h2*7-14,19,23H,15H2,1-6H3;9-12,16,19-20H,7-8,13H2,1-6H3;7-10,15,19H,11H2,1-6H3;7-10,15,18-19H,11-12H2,1-6H3;7-10,13,17H,1-6H3,(H,18,19,20,21)/t2*19-;16-;2*15-;13-/m111110/s1. The van der Waals surface area contributed by atoms with E-state index in [1.807, 2.05) is 24.7 Å². The van der Waals surface area contributed by atoms with E-state index < -0.39 is 0 Å². The van der Waals surface area contributed by atoms with E-state index in [1.165, 1.54) is 66.8 Å². The molecular formula is C110H171N13O2. The zero-order chi connectivity index (χ0) is 94.6. The summed E-state index contributed by atoms with van der Waals surface area (Å²) >= 11 is 0. The summed E-state index contributed by atoms with van der Waals surface area (Å²) < 4.78 is 0. The molecule has 688 valence electrons. The Morgan fingerprint density at radius 3 is 0.896 bits per heavy atom. The average molecular weight is 1710 g/mol. The van der Waals surface area contributed by atoms with E-state index in [-0.39, 0.29) is 103 Å². The highest BCUT2D eigenvalue weighted by Crippen LogP contribution is 2.34. The molecule has 3 aromatic heterocycles. The van der Waals surface area contributed by atoms with Gasteiger partial charge in [0.2, 0.25) is 0 Å². The summed E-state index contributed by atoms with van der Waals surface area (Å²) in [4.78, 5) is 8.61. The number of tetrazole rings is 1. The third-order valence-electron chi connectivity index (χ3n) is 20.9. The van der Waals surface area contributed by atoms with Crippen LogP contribution in [0.15, 0.2) is 195 Å². The highest BCUT2D eigenvalue weighted by atomic mass is 16.3. The highest BCUT2D eigenvalue weighted by Gasteiger charge is 2.29. The van der Waals surface area contributed by atoms with Crippen LogP contribution in [-0.2, 0) is 45.3 Å². The number of nitrogens with one attached hydrogen (secondary N) is 7. The molecule has 0 saturated heterocycles. The fourth-order valence-corrected chi connectivity index (χ4v) is 14.3. The number of pyridine rings is 2. The minimum atomic E-state index is -0.0715. The van der Waals surface area contributed by atoms with Crippen LogP contribution in [0.2, 0.25) is 0 Å². The van der Waals surface area contributed by atoms with Crippen molar-refractivity contribution in [2.45, 2.75) is 390 Å².